The zero-order valence-corrected chi connectivity index (χ0v) is 7.49. The van der Waals surface area contributed by atoms with Crippen LogP contribution in [0.3, 0.4) is 0 Å². The van der Waals surface area contributed by atoms with Gasteiger partial charge in [0.15, 0.2) is 0 Å². The molecular formula is C6H11BrO2. The molecule has 0 aliphatic rings. The van der Waals surface area contributed by atoms with Crippen LogP contribution >= 0.6 is 15.9 Å². The average Bonchev–Trinajstić information content (AvgIpc) is 1.63. The van der Waals surface area contributed by atoms with Gasteiger partial charge in [-0.1, -0.05) is 6.92 Å². The first-order chi connectivity index (χ1) is 3.98. The molecule has 9 heavy (non-hydrogen) atoms. The van der Waals surface area contributed by atoms with Gasteiger partial charge >= 0.3 is 4.88 Å². The Hall–Kier alpha value is -0.0500. The first kappa shape index (κ1) is 8.95. The van der Waals surface area contributed by atoms with E-state index in [1.807, 2.05) is 20.8 Å². The monoisotopic (exact) mass is 194 g/mol. The van der Waals surface area contributed by atoms with Gasteiger partial charge in [0.25, 0.3) is 0 Å². The van der Waals surface area contributed by atoms with Gasteiger partial charge in [-0.15, -0.1) is 0 Å². The van der Waals surface area contributed by atoms with E-state index in [4.69, 9.17) is 4.74 Å². The summed E-state index contributed by atoms with van der Waals surface area (Å²) in [5.74, 6) is 0. The van der Waals surface area contributed by atoms with E-state index in [1.165, 1.54) is 0 Å². The van der Waals surface area contributed by atoms with Gasteiger partial charge in [0, 0.05) is 15.9 Å². The molecule has 0 saturated carbocycles. The summed E-state index contributed by atoms with van der Waals surface area (Å²) >= 11 is 2.69. The molecule has 3 heteroatoms. The van der Waals surface area contributed by atoms with E-state index in [9.17, 15) is 4.79 Å². The molecule has 0 aromatic carbocycles. The van der Waals surface area contributed by atoms with Crippen molar-refractivity contribution in [2.24, 2.45) is 0 Å². The van der Waals surface area contributed by atoms with Crippen molar-refractivity contribution in [2.75, 3.05) is 0 Å². The van der Waals surface area contributed by atoms with Gasteiger partial charge in [0.05, 0.1) is 0 Å². The molecular weight excluding hydrogens is 184 g/mol. The fourth-order valence-corrected chi connectivity index (χ4v) is 0.728. The van der Waals surface area contributed by atoms with Gasteiger partial charge in [-0.05, 0) is 20.3 Å². The Balaban J connectivity index is 3.71. The highest BCUT2D eigenvalue weighted by atomic mass is 79.9. The van der Waals surface area contributed by atoms with Crippen molar-refractivity contribution in [3.8, 4) is 0 Å². The smallest absolute Gasteiger partial charge is 0.375 e. The summed E-state index contributed by atoms with van der Waals surface area (Å²) in [6, 6.07) is 0. The maximum atomic E-state index is 10.3. The van der Waals surface area contributed by atoms with Gasteiger partial charge in [0.2, 0.25) is 0 Å². The zero-order valence-electron chi connectivity index (χ0n) is 5.90. The maximum Gasteiger partial charge on any atom is 0.375 e. The molecule has 0 unspecified atom stereocenters. The lowest BCUT2D eigenvalue weighted by Crippen LogP contribution is -2.23. The normalized spacial score (nSPS) is 11.1. The van der Waals surface area contributed by atoms with Crippen LogP contribution in [0.1, 0.15) is 27.2 Å². The van der Waals surface area contributed by atoms with E-state index in [2.05, 4.69) is 15.9 Å². The molecule has 0 atom stereocenters. The highest BCUT2D eigenvalue weighted by Gasteiger charge is 2.18. The van der Waals surface area contributed by atoms with Crippen LogP contribution in [0.2, 0.25) is 0 Å². The SMILES string of the molecule is CCC(C)(C)OC(=O)Br. The van der Waals surface area contributed by atoms with Crippen molar-refractivity contribution in [1.29, 1.82) is 0 Å². The van der Waals surface area contributed by atoms with Crippen LogP contribution in [0.4, 0.5) is 4.79 Å². The summed E-state index contributed by atoms with van der Waals surface area (Å²) in [5.41, 5.74) is -0.333. The number of rotatable bonds is 2. The molecule has 0 aromatic heterocycles. The Labute approximate surface area is 63.7 Å². The molecule has 0 fully saturated rings. The molecule has 0 rings (SSSR count). The quantitative estimate of drug-likeness (QED) is 0.633. The molecule has 2 nitrogen and oxygen atoms in total. The Morgan fingerprint density at radius 1 is 1.67 bits per heavy atom. The molecule has 0 radical (unpaired) electrons. The first-order valence-corrected chi connectivity index (χ1v) is 3.66. The second-order valence-electron chi connectivity index (χ2n) is 2.45. The molecule has 0 bridgehead atoms. The maximum absolute atomic E-state index is 10.3. The first-order valence-electron chi connectivity index (χ1n) is 2.86. The van der Waals surface area contributed by atoms with E-state index in [-0.39, 0.29) is 5.60 Å². The van der Waals surface area contributed by atoms with Crippen LogP contribution in [0, 0.1) is 0 Å². The van der Waals surface area contributed by atoms with Gasteiger partial charge < -0.3 is 4.74 Å². The third-order valence-electron chi connectivity index (χ3n) is 1.21. The van der Waals surface area contributed by atoms with Crippen LogP contribution in [-0.4, -0.2) is 10.5 Å². The van der Waals surface area contributed by atoms with Crippen molar-refractivity contribution in [2.45, 2.75) is 32.8 Å². The van der Waals surface area contributed by atoms with Crippen LogP contribution in [0.15, 0.2) is 0 Å². The minimum atomic E-state index is -0.394. The van der Waals surface area contributed by atoms with Crippen molar-refractivity contribution >= 4 is 20.8 Å². The minimum Gasteiger partial charge on any atom is -0.451 e. The molecule has 0 spiro atoms. The van der Waals surface area contributed by atoms with E-state index in [0.717, 1.165) is 6.42 Å². The molecule has 54 valence electrons. The molecule has 0 aromatic rings. The molecule has 0 amide bonds. The highest BCUT2D eigenvalue weighted by molar-refractivity contribution is 9.18. The fourth-order valence-electron chi connectivity index (χ4n) is 0.289. The number of ether oxygens (including phenoxy) is 1. The Morgan fingerprint density at radius 3 is 2.22 bits per heavy atom. The molecule has 0 aliphatic carbocycles. The largest absolute Gasteiger partial charge is 0.451 e. The van der Waals surface area contributed by atoms with Crippen molar-refractivity contribution in [3.63, 3.8) is 0 Å². The van der Waals surface area contributed by atoms with Gasteiger partial charge in [-0.3, -0.25) is 0 Å². The Bertz CT molecular complexity index is 110. The summed E-state index contributed by atoms with van der Waals surface area (Å²) in [7, 11) is 0. The van der Waals surface area contributed by atoms with Crippen LogP contribution in [0.5, 0.6) is 0 Å². The van der Waals surface area contributed by atoms with E-state index in [1.54, 1.807) is 0 Å². The summed E-state index contributed by atoms with van der Waals surface area (Å²) < 4.78 is 4.86. The lowest BCUT2D eigenvalue weighted by Gasteiger charge is -2.21. The average molecular weight is 195 g/mol. The fraction of sp³-hybridized carbons (Fsp3) is 0.833. The van der Waals surface area contributed by atoms with E-state index < -0.39 is 4.88 Å². The zero-order chi connectivity index (χ0) is 7.49. The standard InChI is InChI=1S/C6H11BrO2/c1-4-6(2,3)9-5(7)8/h4H2,1-3H3. The number of carbonyl (C=O) groups is 1. The molecule has 0 heterocycles. The van der Waals surface area contributed by atoms with Crippen LogP contribution in [0.25, 0.3) is 0 Å². The second kappa shape index (κ2) is 3.20. The lowest BCUT2D eigenvalue weighted by atomic mass is 10.1. The number of carbonyl (C=O) groups excluding carboxylic acids is 1. The van der Waals surface area contributed by atoms with E-state index >= 15 is 0 Å². The van der Waals surface area contributed by atoms with E-state index in [0.29, 0.717) is 0 Å². The third-order valence-corrected chi connectivity index (χ3v) is 1.37. The Kier molecular flexibility index (Phi) is 3.18. The molecule has 0 aliphatic heterocycles. The van der Waals surface area contributed by atoms with Gasteiger partial charge in [0.1, 0.15) is 5.60 Å². The molecule has 0 N–H and O–H groups in total. The highest BCUT2D eigenvalue weighted by Crippen LogP contribution is 2.15. The summed E-state index contributed by atoms with van der Waals surface area (Å²) in [5, 5.41) is 0. The number of hydrogen-bond acceptors (Lipinski definition) is 2. The van der Waals surface area contributed by atoms with Crippen molar-refractivity contribution in [3.05, 3.63) is 0 Å². The van der Waals surface area contributed by atoms with Crippen molar-refractivity contribution in [1.82, 2.24) is 0 Å². The predicted molar refractivity (Wildman–Crippen MR) is 39.8 cm³/mol. The van der Waals surface area contributed by atoms with Crippen molar-refractivity contribution < 1.29 is 9.53 Å². The summed E-state index contributed by atoms with van der Waals surface area (Å²) in [6.45, 7) is 5.70. The summed E-state index contributed by atoms with van der Waals surface area (Å²) in [6.07, 6.45) is 0.824. The lowest BCUT2D eigenvalue weighted by molar-refractivity contribution is 0.0566. The van der Waals surface area contributed by atoms with Gasteiger partial charge in [-0.2, -0.15) is 0 Å². The second-order valence-corrected chi connectivity index (χ2v) is 3.10. The molecule has 0 saturated heterocycles. The summed E-state index contributed by atoms with van der Waals surface area (Å²) in [4.78, 5) is 9.92. The van der Waals surface area contributed by atoms with Gasteiger partial charge in [-0.25, -0.2) is 4.79 Å². The topological polar surface area (TPSA) is 26.3 Å². The number of halogens is 1. The minimum absolute atomic E-state index is 0.333. The Morgan fingerprint density at radius 2 is 2.11 bits per heavy atom. The number of hydrogen-bond donors (Lipinski definition) is 0. The predicted octanol–water partition coefficient (Wildman–Crippen LogP) is 2.71. The third kappa shape index (κ3) is 4.45. The van der Waals surface area contributed by atoms with Crippen LogP contribution in [-0.2, 0) is 4.74 Å². The van der Waals surface area contributed by atoms with Crippen LogP contribution < -0.4 is 0 Å².